The molecule has 0 heterocycles. The maximum atomic E-state index is 10.4. The van der Waals surface area contributed by atoms with Gasteiger partial charge in [-0.05, 0) is 43.0 Å². The summed E-state index contributed by atoms with van der Waals surface area (Å²) in [7, 11) is 2.12. The number of rotatable bonds is 4. The van der Waals surface area contributed by atoms with E-state index in [1.165, 1.54) is 24.9 Å². The zero-order valence-electron chi connectivity index (χ0n) is 9.97. The summed E-state index contributed by atoms with van der Waals surface area (Å²) in [5.74, 6) is -0.916. The molecule has 2 rings (SSSR count). The van der Waals surface area contributed by atoms with Gasteiger partial charge in [0.05, 0.1) is 0 Å². The Morgan fingerprint density at radius 1 is 1.35 bits per heavy atom. The van der Waals surface area contributed by atoms with Crippen molar-refractivity contribution >= 4 is 17.7 Å². The Bertz CT molecular complexity index is 418. The molecular formula is C14H17NO2. The number of anilines is 1. The number of aliphatic carboxylic acids is 1. The third kappa shape index (κ3) is 2.87. The van der Waals surface area contributed by atoms with Crippen molar-refractivity contribution in [1.82, 2.24) is 0 Å². The average Bonchev–Trinajstić information content (AvgIpc) is 2.24. The van der Waals surface area contributed by atoms with Crippen LogP contribution in [-0.4, -0.2) is 24.2 Å². The van der Waals surface area contributed by atoms with E-state index in [1.807, 2.05) is 24.3 Å². The maximum Gasteiger partial charge on any atom is 0.328 e. The number of carbonyl (C=O) groups is 1. The van der Waals surface area contributed by atoms with Crippen LogP contribution in [0.25, 0.3) is 6.08 Å². The van der Waals surface area contributed by atoms with Crippen LogP contribution < -0.4 is 4.90 Å². The van der Waals surface area contributed by atoms with E-state index in [4.69, 9.17) is 5.11 Å². The molecule has 3 heteroatoms. The zero-order valence-corrected chi connectivity index (χ0v) is 9.97. The molecule has 1 aromatic rings. The van der Waals surface area contributed by atoms with Gasteiger partial charge in [0.15, 0.2) is 0 Å². The number of carboxylic acid groups (broad SMARTS) is 1. The highest BCUT2D eigenvalue weighted by atomic mass is 16.4. The fourth-order valence-corrected chi connectivity index (χ4v) is 1.97. The molecule has 90 valence electrons. The minimum Gasteiger partial charge on any atom is -0.478 e. The molecule has 17 heavy (non-hydrogen) atoms. The molecular weight excluding hydrogens is 214 g/mol. The summed E-state index contributed by atoms with van der Waals surface area (Å²) < 4.78 is 0. The molecule has 0 spiro atoms. The Labute approximate surface area is 101 Å². The van der Waals surface area contributed by atoms with E-state index >= 15 is 0 Å². The second-order valence-corrected chi connectivity index (χ2v) is 4.46. The Morgan fingerprint density at radius 2 is 2.00 bits per heavy atom. The van der Waals surface area contributed by atoms with E-state index in [2.05, 4.69) is 11.9 Å². The molecule has 1 saturated carbocycles. The summed E-state index contributed by atoms with van der Waals surface area (Å²) in [6.45, 7) is 0. The van der Waals surface area contributed by atoms with Crippen molar-refractivity contribution in [2.45, 2.75) is 25.3 Å². The van der Waals surface area contributed by atoms with Gasteiger partial charge in [-0.25, -0.2) is 4.79 Å². The highest BCUT2D eigenvalue weighted by Crippen LogP contribution is 2.28. The fraction of sp³-hybridized carbons (Fsp3) is 0.357. The quantitative estimate of drug-likeness (QED) is 0.810. The third-order valence-electron chi connectivity index (χ3n) is 3.34. The van der Waals surface area contributed by atoms with Gasteiger partial charge in [0.2, 0.25) is 0 Å². The molecule has 0 radical (unpaired) electrons. The molecule has 0 aliphatic heterocycles. The van der Waals surface area contributed by atoms with Crippen molar-refractivity contribution in [3.8, 4) is 0 Å². The first-order chi connectivity index (χ1) is 8.16. The molecule has 0 amide bonds. The monoisotopic (exact) mass is 231 g/mol. The lowest BCUT2D eigenvalue weighted by Crippen LogP contribution is -2.36. The normalized spacial score (nSPS) is 15.8. The molecule has 1 aliphatic rings. The average molecular weight is 231 g/mol. The molecule has 0 aromatic heterocycles. The SMILES string of the molecule is CN(c1ccc(/C=C/C(=O)O)cc1)C1CCC1. The predicted octanol–water partition coefficient (Wildman–Crippen LogP) is 2.77. The Kier molecular flexibility index (Phi) is 3.47. The first kappa shape index (κ1) is 11.7. The van der Waals surface area contributed by atoms with Gasteiger partial charge in [-0.15, -0.1) is 0 Å². The first-order valence-corrected chi connectivity index (χ1v) is 5.91. The van der Waals surface area contributed by atoms with E-state index < -0.39 is 5.97 Å². The van der Waals surface area contributed by atoms with E-state index in [1.54, 1.807) is 6.08 Å². The topological polar surface area (TPSA) is 40.5 Å². The van der Waals surface area contributed by atoms with Gasteiger partial charge < -0.3 is 10.0 Å². The van der Waals surface area contributed by atoms with Crippen molar-refractivity contribution in [2.75, 3.05) is 11.9 Å². The van der Waals surface area contributed by atoms with Crippen LogP contribution in [0, 0.1) is 0 Å². The lowest BCUT2D eigenvalue weighted by molar-refractivity contribution is -0.131. The second-order valence-electron chi connectivity index (χ2n) is 4.46. The molecule has 1 N–H and O–H groups in total. The molecule has 0 saturated heterocycles. The minimum atomic E-state index is -0.916. The predicted molar refractivity (Wildman–Crippen MR) is 69.2 cm³/mol. The van der Waals surface area contributed by atoms with Crippen molar-refractivity contribution in [1.29, 1.82) is 0 Å². The van der Waals surface area contributed by atoms with E-state index in [-0.39, 0.29) is 0 Å². The van der Waals surface area contributed by atoms with Crippen LogP contribution in [0.1, 0.15) is 24.8 Å². The molecule has 1 aliphatic carbocycles. The van der Waals surface area contributed by atoms with Gasteiger partial charge in [0.1, 0.15) is 0 Å². The smallest absolute Gasteiger partial charge is 0.328 e. The zero-order chi connectivity index (χ0) is 12.3. The summed E-state index contributed by atoms with van der Waals surface area (Å²) in [4.78, 5) is 12.7. The summed E-state index contributed by atoms with van der Waals surface area (Å²) in [5, 5.41) is 8.53. The highest BCUT2D eigenvalue weighted by Gasteiger charge is 2.21. The first-order valence-electron chi connectivity index (χ1n) is 5.91. The van der Waals surface area contributed by atoms with Gasteiger partial charge in [-0.3, -0.25) is 0 Å². The largest absolute Gasteiger partial charge is 0.478 e. The summed E-state index contributed by atoms with van der Waals surface area (Å²) >= 11 is 0. The number of nitrogens with zero attached hydrogens (tertiary/aromatic N) is 1. The summed E-state index contributed by atoms with van der Waals surface area (Å²) in [6, 6.07) is 8.66. The van der Waals surface area contributed by atoms with E-state index in [0.29, 0.717) is 6.04 Å². The highest BCUT2D eigenvalue weighted by molar-refractivity contribution is 5.85. The molecule has 3 nitrogen and oxygen atoms in total. The Morgan fingerprint density at radius 3 is 2.47 bits per heavy atom. The van der Waals surface area contributed by atoms with Gasteiger partial charge in [-0.1, -0.05) is 12.1 Å². The molecule has 1 aromatic carbocycles. The van der Waals surface area contributed by atoms with Crippen LogP contribution in [-0.2, 0) is 4.79 Å². The lowest BCUT2D eigenvalue weighted by atomic mass is 9.91. The molecule has 0 unspecified atom stereocenters. The van der Waals surface area contributed by atoms with Crippen LogP contribution >= 0.6 is 0 Å². The van der Waals surface area contributed by atoms with Crippen LogP contribution in [0.3, 0.4) is 0 Å². The maximum absolute atomic E-state index is 10.4. The van der Waals surface area contributed by atoms with Crippen LogP contribution in [0.15, 0.2) is 30.3 Å². The molecule has 1 fully saturated rings. The Hall–Kier alpha value is -1.77. The molecule has 0 bridgehead atoms. The van der Waals surface area contributed by atoms with Gasteiger partial charge in [0, 0.05) is 24.9 Å². The standard InChI is InChI=1S/C14H17NO2/c1-15(12-3-2-4-12)13-8-5-11(6-9-13)7-10-14(16)17/h5-10,12H,2-4H2,1H3,(H,16,17)/b10-7+. The minimum absolute atomic E-state index is 0.676. The number of hydrogen-bond acceptors (Lipinski definition) is 2. The summed E-state index contributed by atoms with van der Waals surface area (Å²) in [6.07, 6.45) is 6.64. The second kappa shape index (κ2) is 5.04. The van der Waals surface area contributed by atoms with Crippen molar-refractivity contribution in [2.24, 2.45) is 0 Å². The van der Waals surface area contributed by atoms with E-state index in [0.717, 1.165) is 11.6 Å². The summed E-state index contributed by atoms with van der Waals surface area (Å²) in [5.41, 5.74) is 2.11. The van der Waals surface area contributed by atoms with Crippen molar-refractivity contribution < 1.29 is 9.90 Å². The van der Waals surface area contributed by atoms with Gasteiger partial charge in [-0.2, -0.15) is 0 Å². The van der Waals surface area contributed by atoms with E-state index in [9.17, 15) is 4.79 Å². The van der Waals surface area contributed by atoms with Gasteiger partial charge in [0.25, 0.3) is 0 Å². The number of benzene rings is 1. The van der Waals surface area contributed by atoms with Crippen LogP contribution in [0.4, 0.5) is 5.69 Å². The van der Waals surface area contributed by atoms with Crippen molar-refractivity contribution in [3.63, 3.8) is 0 Å². The number of carboxylic acids is 1. The Balaban J connectivity index is 2.04. The van der Waals surface area contributed by atoms with Crippen LogP contribution in [0.2, 0.25) is 0 Å². The lowest BCUT2D eigenvalue weighted by Gasteiger charge is -2.36. The number of hydrogen-bond donors (Lipinski definition) is 1. The van der Waals surface area contributed by atoms with Crippen molar-refractivity contribution in [3.05, 3.63) is 35.9 Å². The fourth-order valence-electron chi connectivity index (χ4n) is 1.97. The molecule has 0 atom stereocenters. The van der Waals surface area contributed by atoms with Gasteiger partial charge >= 0.3 is 5.97 Å². The third-order valence-corrected chi connectivity index (χ3v) is 3.34. The van der Waals surface area contributed by atoms with Crippen LogP contribution in [0.5, 0.6) is 0 Å².